The Bertz CT molecular complexity index is 998. The van der Waals surface area contributed by atoms with E-state index in [-0.39, 0.29) is 17.8 Å². The number of nitrogens with one attached hydrogen (secondary N) is 2. The van der Waals surface area contributed by atoms with Gasteiger partial charge in [-0.05, 0) is 75.6 Å². The van der Waals surface area contributed by atoms with E-state index in [2.05, 4.69) is 54.9 Å². The number of likely N-dealkylation sites (N-methyl/N-ethyl adjacent to an activating group) is 1. The molecule has 1 aromatic carbocycles. The van der Waals surface area contributed by atoms with Gasteiger partial charge in [0.05, 0.1) is 5.69 Å². The number of nitrogens with zero attached hydrogens (tertiary/aromatic N) is 4. The van der Waals surface area contributed by atoms with Crippen molar-refractivity contribution < 1.29 is 9.18 Å². The zero-order valence-electron chi connectivity index (χ0n) is 22.5. The first kappa shape index (κ1) is 26.8. The van der Waals surface area contributed by atoms with Crippen LogP contribution in [0.1, 0.15) is 56.4 Å². The summed E-state index contributed by atoms with van der Waals surface area (Å²) < 4.78 is 15.4. The molecule has 3 heterocycles. The molecular formula is C28H43FN6O. The van der Waals surface area contributed by atoms with Crippen LogP contribution in [0.3, 0.4) is 0 Å². The fourth-order valence-electron chi connectivity index (χ4n) is 5.97. The highest BCUT2D eigenvalue weighted by Gasteiger charge is 2.36. The molecule has 2 aliphatic rings. The number of likely N-dealkylation sites (tertiary alicyclic amines) is 1. The van der Waals surface area contributed by atoms with Crippen molar-refractivity contribution in [3.8, 4) is 0 Å². The fraction of sp³-hybridized carbons (Fsp3) is 0.643. The molecule has 198 valence electrons. The normalized spacial score (nSPS) is 22.1. The van der Waals surface area contributed by atoms with Crippen molar-refractivity contribution >= 4 is 5.91 Å². The zero-order chi connectivity index (χ0) is 25.8. The van der Waals surface area contributed by atoms with E-state index in [1.807, 2.05) is 28.8 Å². The topological polar surface area (TPSA) is 65.4 Å². The largest absolute Gasteiger partial charge is 0.341 e. The number of carbonyl (C=O) groups is 1. The van der Waals surface area contributed by atoms with Crippen molar-refractivity contribution in [2.75, 3.05) is 20.1 Å². The molecule has 0 radical (unpaired) electrons. The maximum absolute atomic E-state index is 13.5. The third-order valence-corrected chi connectivity index (χ3v) is 7.89. The number of hydrazine groups is 1. The summed E-state index contributed by atoms with van der Waals surface area (Å²) in [6.45, 7) is 8.89. The van der Waals surface area contributed by atoms with Crippen LogP contribution in [0.25, 0.3) is 0 Å². The molecule has 0 aliphatic carbocycles. The van der Waals surface area contributed by atoms with Crippen LogP contribution in [-0.2, 0) is 24.8 Å². The molecule has 1 aromatic heterocycles. The molecule has 2 aromatic rings. The number of rotatable bonds is 9. The Balaban J connectivity index is 1.40. The maximum Gasteiger partial charge on any atom is 0.241 e. The highest BCUT2D eigenvalue weighted by Crippen LogP contribution is 2.29. The molecule has 2 saturated heterocycles. The number of carbonyl (C=O) groups excluding carboxylic acids is 1. The van der Waals surface area contributed by atoms with E-state index >= 15 is 0 Å². The lowest BCUT2D eigenvalue weighted by Gasteiger charge is -2.40. The Labute approximate surface area is 215 Å². The van der Waals surface area contributed by atoms with E-state index < -0.39 is 0 Å². The minimum atomic E-state index is -0.202. The molecule has 7 nitrogen and oxygen atoms in total. The maximum atomic E-state index is 13.5. The third kappa shape index (κ3) is 6.72. The number of halogens is 1. The van der Waals surface area contributed by atoms with E-state index in [1.54, 1.807) is 12.1 Å². The highest BCUT2D eigenvalue weighted by atomic mass is 19.1. The summed E-state index contributed by atoms with van der Waals surface area (Å²) in [6, 6.07) is 7.43. The molecule has 1 amide bonds. The van der Waals surface area contributed by atoms with Gasteiger partial charge in [-0.25, -0.2) is 9.82 Å². The second-order valence-corrected chi connectivity index (χ2v) is 11.3. The first-order valence-electron chi connectivity index (χ1n) is 13.4. The molecule has 3 atom stereocenters. The second-order valence-electron chi connectivity index (χ2n) is 11.3. The van der Waals surface area contributed by atoms with Crippen LogP contribution in [0.4, 0.5) is 4.39 Å². The smallest absolute Gasteiger partial charge is 0.241 e. The summed E-state index contributed by atoms with van der Waals surface area (Å²) in [5, 5.41) is 4.51. The molecule has 2 aliphatic heterocycles. The Hall–Kier alpha value is -2.29. The molecule has 2 fully saturated rings. The van der Waals surface area contributed by atoms with Crippen LogP contribution >= 0.6 is 0 Å². The van der Waals surface area contributed by atoms with Gasteiger partial charge in [0.25, 0.3) is 0 Å². The average Bonchev–Trinajstić information content (AvgIpc) is 3.43. The SMILES string of the molecule is Cc1nn(C)cc1CN(C)C(Cc1ccc(F)cc1)C1CCN(C(=O)C2CC(CC(C)C)NN2)CC1. The second kappa shape index (κ2) is 11.8. The van der Waals surface area contributed by atoms with Crippen molar-refractivity contribution in [3.05, 3.63) is 53.1 Å². The molecule has 3 unspecified atom stereocenters. The van der Waals surface area contributed by atoms with Crippen LogP contribution in [0.2, 0.25) is 0 Å². The molecule has 36 heavy (non-hydrogen) atoms. The number of aromatic nitrogens is 2. The van der Waals surface area contributed by atoms with Crippen LogP contribution in [0.15, 0.2) is 30.5 Å². The lowest BCUT2D eigenvalue weighted by Crippen LogP contribution is -2.51. The van der Waals surface area contributed by atoms with Crippen LogP contribution in [-0.4, -0.2) is 63.8 Å². The van der Waals surface area contributed by atoms with Gasteiger partial charge in [-0.3, -0.25) is 19.8 Å². The van der Waals surface area contributed by atoms with Gasteiger partial charge in [0, 0.05) is 50.5 Å². The number of benzene rings is 1. The average molecular weight is 499 g/mol. The lowest BCUT2D eigenvalue weighted by atomic mass is 9.84. The van der Waals surface area contributed by atoms with Gasteiger partial charge < -0.3 is 4.90 Å². The van der Waals surface area contributed by atoms with Crippen LogP contribution < -0.4 is 10.9 Å². The van der Waals surface area contributed by atoms with E-state index in [4.69, 9.17) is 0 Å². The Kier molecular flexibility index (Phi) is 8.80. The van der Waals surface area contributed by atoms with E-state index in [9.17, 15) is 9.18 Å². The molecular weight excluding hydrogens is 455 g/mol. The highest BCUT2D eigenvalue weighted by molar-refractivity contribution is 5.82. The molecule has 0 bridgehead atoms. The van der Waals surface area contributed by atoms with Crippen molar-refractivity contribution in [2.24, 2.45) is 18.9 Å². The fourth-order valence-corrected chi connectivity index (χ4v) is 5.97. The number of hydrogen-bond donors (Lipinski definition) is 2. The third-order valence-electron chi connectivity index (χ3n) is 7.89. The van der Waals surface area contributed by atoms with Gasteiger partial charge in [-0.1, -0.05) is 26.0 Å². The van der Waals surface area contributed by atoms with Gasteiger partial charge in [0.1, 0.15) is 11.9 Å². The van der Waals surface area contributed by atoms with Crippen molar-refractivity contribution in [1.82, 2.24) is 30.4 Å². The predicted molar refractivity (Wildman–Crippen MR) is 141 cm³/mol. The molecule has 0 saturated carbocycles. The molecule has 8 heteroatoms. The predicted octanol–water partition coefficient (Wildman–Crippen LogP) is 3.43. The Morgan fingerprint density at radius 1 is 1.19 bits per heavy atom. The Morgan fingerprint density at radius 3 is 2.50 bits per heavy atom. The van der Waals surface area contributed by atoms with Gasteiger partial charge >= 0.3 is 0 Å². The number of aryl methyl sites for hydroxylation is 2. The van der Waals surface area contributed by atoms with E-state index in [0.717, 1.165) is 63.0 Å². The number of amides is 1. The molecule has 4 rings (SSSR count). The Morgan fingerprint density at radius 2 is 1.89 bits per heavy atom. The molecule has 2 N–H and O–H groups in total. The molecule has 0 spiro atoms. The van der Waals surface area contributed by atoms with Gasteiger partial charge in [0.2, 0.25) is 5.91 Å². The number of piperidine rings is 1. The van der Waals surface area contributed by atoms with Gasteiger partial charge in [-0.15, -0.1) is 0 Å². The van der Waals surface area contributed by atoms with Gasteiger partial charge in [0.15, 0.2) is 0 Å². The monoisotopic (exact) mass is 498 g/mol. The van der Waals surface area contributed by atoms with E-state index in [1.165, 1.54) is 5.56 Å². The summed E-state index contributed by atoms with van der Waals surface area (Å²) >= 11 is 0. The standard InChI is InChI=1S/C28H43FN6O/c1-19(2)14-25-16-26(31-30-25)28(36)35-12-10-22(11-13-35)27(15-21-6-8-24(29)9-7-21)33(4)17-23-18-34(5)32-20(23)3/h6-9,18-19,22,25-27,30-31H,10-17H2,1-5H3. The summed E-state index contributed by atoms with van der Waals surface area (Å²) in [5.74, 6) is 1.09. The quantitative estimate of drug-likeness (QED) is 0.555. The van der Waals surface area contributed by atoms with Gasteiger partial charge in [-0.2, -0.15) is 5.10 Å². The first-order chi connectivity index (χ1) is 17.2. The van der Waals surface area contributed by atoms with Crippen molar-refractivity contribution in [3.63, 3.8) is 0 Å². The lowest BCUT2D eigenvalue weighted by molar-refractivity contribution is -0.134. The van der Waals surface area contributed by atoms with Crippen LogP contribution in [0.5, 0.6) is 0 Å². The summed E-state index contributed by atoms with van der Waals surface area (Å²) in [6.07, 6.45) is 6.84. The first-order valence-corrected chi connectivity index (χ1v) is 13.4. The zero-order valence-corrected chi connectivity index (χ0v) is 22.5. The minimum Gasteiger partial charge on any atom is -0.341 e. The summed E-state index contributed by atoms with van der Waals surface area (Å²) in [4.78, 5) is 17.7. The van der Waals surface area contributed by atoms with E-state index in [0.29, 0.717) is 23.9 Å². The van der Waals surface area contributed by atoms with Crippen molar-refractivity contribution in [1.29, 1.82) is 0 Å². The number of hydrogen-bond acceptors (Lipinski definition) is 5. The minimum absolute atomic E-state index is 0.128. The van der Waals surface area contributed by atoms with Crippen molar-refractivity contribution in [2.45, 2.75) is 77.5 Å². The summed E-state index contributed by atoms with van der Waals surface area (Å²) in [5.41, 5.74) is 10.00. The summed E-state index contributed by atoms with van der Waals surface area (Å²) in [7, 11) is 4.14. The van der Waals surface area contributed by atoms with Crippen LogP contribution in [0, 0.1) is 24.6 Å².